The van der Waals surface area contributed by atoms with Crippen LogP contribution in [0, 0.1) is 5.92 Å². The van der Waals surface area contributed by atoms with Gasteiger partial charge in [-0.25, -0.2) is 0 Å². The number of hydrogen-bond donors (Lipinski definition) is 1. The van der Waals surface area contributed by atoms with Crippen LogP contribution in [-0.2, 0) is 0 Å². The molecule has 1 aromatic heterocycles. The van der Waals surface area contributed by atoms with Crippen molar-refractivity contribution in [1.29, 1.82) is 0 Å². The zero-order valence-electron chi connectivity index (χ0n) is 11.1. The number of nitrogens with zero attached hydrogens (tertiary/aromatic N) is 1. The third-order valence-corrected chi connectivity index (χ3v) is 4.92. The SMILES string of the molecule is CC1CCNC(CN(C)C(C)c2cccs2)C1. The minimum Gasteiger partial charge on any atom is -0.313 e. The normalized spacial score (nSPS) is 27.3. The second kappa shape index (κ2) is 5.98. The topological polar surface area (TPSA) is 15.3 Å². The highest BCUT2D eigenvalue weighted by Crippen LogP contribution is 2.24. The molecule has 1 saturated heterocycles. The molecule has 2 nitrogen and oxygen atoms in total. The Bertz CT molecular complexity index is 323. The maximum absolute atomic E-state index is 3.64. The Morgan fingerprint density at radius 3 is 3.06 bits per heavy atom. The predicted molar refractivity (Wildman–Crippen MR) is 75.6 cm³/mol. The first kappa shape index (κ1) is 13.1. The fourth-order valence-corrected chi connectivity index (χ4v) is 3.46. The van der Waals surface area contributed by atoms with E-state index in [4.69, 9.17) is 0 Å². The average Bonchev–Trinajstić information content (AvgIpc) is 2.81. The predicted octanol–water partition coefficient (Wildman–Crippen LogP) is 3.13. The summed E-state index contributed by atoms with van der Waals surface area (Å²) >= 11 is 1.86. The first-order valence-corrected chi connectivity index (χ1v) is 7.52. The van der Waals surface area contributed by atoms with E-state index in [1.54, 1.807) is 0 Å². The number of hydrogen-bond acceptors (Lipinski definition) is 3. The van der Waals surface area contributed by atoms with E-state index >= 15 is 0 Å². The van der Waals surface area contributed by atoms with Gasteiger partial charge in [-0.05, 0) is 50.7 Å². The van der Waals surface area contributed by atoms with E-state index < -0.39 is 0 Å². The largest absolute Gasteiger partial charge is 0.313 e. The van der Waals surface area contributed by atoms with Crippen LogP contribution >= 0.6 is 11.3 Å². The molecule has 1 N–H and O–H groups in total. The van der Waals surface area contributed by atoms with Gasteiger partial charge in [0.1, 0.15) is 0 Å². The molecule has 0 aromatic carbocycles. The molecule has 0 amide bonds. The van der Waals surface area contributed by atoms with E-state index in [0.29, 0.717) is 12.1 Å². The molecule has 17 heavy (non-hydrogen) atoms. The van der Waals surface area contributed by atoms with Crippen LogP contribution in [0.25, 0.3) is 0 Å². The van der Waals surface area contributed by atoms with Crippen molar-refractivity contribution in [3.8, 4) is 0 Å². The van der Waals surface area contributed by atoms with Crippen molar-refractivity contribution >= 4 is 11.3 Å². The minimum absolute atomic E-state index is 0.536. The number of rotatable bonds is 4. The van der Waals surface area contributed by atoms with Gasteiger partial charge in [-0.1, -0.05) is 13.0 Å². The Morgan fingerprint density at radius 1 is 1.59 bits per heavy atom. The maximum Gasteiger partial charge on any atom is 0.0410 e. The Kier molecular flexibility index (Phi) is 4.60. The van der Waals surface area contributed by atoms with Crippen molar-refractivity contribution < 1.29 is 0 Å². The second-order valence-electron chi connectivity index (χ2n) is 5.41. The van der Waals surface area contributed by atoms with Gasteiger partial charge in [-0.15, -0.1) is 11.3 Å². The van der Waals surface area contributed by atoms with Gasteiger partial charge in [0.15, 0.2) is 0 Å². The summed E-state index contributed by atoms with van der Waals surface area (Å²) in [4.78, 5) is 3.94. The van der Waals surface area contributed by atoms with Crippen LogP contribution in [0.5, 0.6) is 0 Å². The highest BCUT2D eigenvalue weighted by atomic mass is 32.1. The summed E-state index contributed by atoms with van der Waals surface area (Å²) in [5, 5.41) is 5.81. The third kappa shape index (κ3) is 3.54. The van der Waals surface area contributed by atoms with Crippen LogP contribution in [-0.4, -0.2) is 31.1 Å². The van der Waals surface area contributed by atoms with Crippen molar-refractivity contribution in [3.63, 3.8) is 0 Å². The lowest BCUT2D eigenvalue weighted by Gasteiger charge is -2.33. The van der Waals surface area contributed by atoms with E-state index in [2.05, 4.69) is 48.6 Å². The molecule has 3 atom stereocenters. The molecule has 1 fully saturated rings. The second-order valence-corrected chi connectivity index (χ2v) is 6.39. The summed E-state index contributed by atoms with van der Waals surface area (Å²) in [6.45, 7) is 7.02. The first-order valence-electron chi connectivity index (χ1n) is 6.64. The maximum atomic E-state index is 3.64. The molecule has 2 rings (SSSR count). The molecular formula is C14H24N2S. The zero-order valence-corrected chi connectivity index (χ0v) is 12.0. The molecule has 0 spiro atoms. The molecule has 0 bridgehead atoms. The molecule has 1 aliphatic heterocycles. The summed E-state index contributed by atoms with van der Waals surface area (Å²) in [6.07, 6.45) is 2.65. The van der Waals surface area contributed by atoms with E-state index in [0.717, 1.165) is 12.5 Å². The molecule has 0 saturated carbocycles. The van der Waals surface area contributed by atoms with Gasteiger partial charge < -0.3 is 5.32 Å². The van der Waals surface area contributed by atoms with Gasteiger partial charge in [-0.2, -0.15) is 0 Å². The average molecular weight is 252 g/mol. The Labute approximate surface area is 109 Å². The Morgan fingerprint density at radius 2 is 2.41 bits per heavy atom. The summed E-state index contributed by atoms with van der Waals surface area (Å²) < 4.78 is 0. The monoisotopic (exact) mass is 252 g/mol. The highest BCUT2D eigenvalue weighted by molar-refractivity contribution is 7.10. The summed E-state index contributed by atoms with van der Waals surface area (Å²) in [7, 11) is 2.24. The van der Waals surface area contributed by atoms with Crippen LogP contribution < -0.4 is 5.32 Å². The lowest BCUT2D eigenvalue weighted by atomic mass is 9.94. The fraction of sp³-hybridized carbons (Fsp3) is 0.714. The van der Waals surface area contributed by atoms with E-state index in [1.807, 2.05) is 11.3 Å². The van der Waals surface area contributed by atoms with Crippen molar-refractivity contribution in [2.45, 2.75) is 38.8 Å². The van der Waals surface area contributed by atoms with E-state index in [-0.39, 0.29) is 0 Å². The smallest absolute Gasteiger partial charge is 0.0410 e. The summed E-state index contributed by atoms with van der Waals surface area (Å²) in [6, 6.07) is 5.59. The number of nitrogens with one attached hydrogen (secondary N) is 1. The molecule has 3 unspecified atom stereocenters. The minimum atomic E-state index is 0.536. The molecule has 1 aromatic rings. The number of piperidine rings is 1. The molecule has 96 valence electrons. The van der Waals surface area contributed by atoms with Crippen molar-refractivity contribution in [1.82, 2.24) is 10.2 Å². The van der Waals surface area contributed by atoms with Crippen LogP contribution in [0.2, 0.25) is 0 Å². The molecular weight excluding hydrogens is 228 g/mol. The lowest BCUT2D eigenvalue weighted by Crippen LogP contribution is -2.45. The van der Waals surface area contributed by atoms with Gasteiger partial charge in [0.2, 0.25) is 0 Å². The number of likely N-dealkylation sites (N-methyl/N-ethyl adjacent to an activating group) is 1. The molecule has 0 aliphatic carbocycles. The number of thiophene rings is 1. The van der Waals surface area contributed by atoms with Crippen molar-refractivity contribution in [3.05, 3.63) is 22.4 Å². The van der Waals surface area contributed by atoms with Gasteiger partial charge >= 0.3 is 0 Å². The highest BCUT2D eigenvalue weighted by Gasteiger charge is 2.21. The first-order chi connectivity index (χ1) is 8.16. The van der Waals surface area contributed by atoms with Gasteiger partial charge in [-0.3, -0.25) is 4.90 Å². The Hall–Kier alpha value is -0.380. The zero-order chi connectivity index (χ0) is 12.3. The summed E-state index contributed by atoms with van der Waals surface area (Å²) in [5.74, 6) is 0.881. The van der Waals surface area contributed by atoms with E-state index in [9.17, 15) is 0 Å². The van der Waals surface area contributed by atoms with Gasteiger partial charge in [0.25, 0.3) is 0 Å². The quantitative estimate of drug-likeness (QED) is 0.885. The molecule has 0 radical (unpaired) electrons. The molecule has 3 heteroatoms. The summed E-state index contributed by atoms with van der Waals surface area (Å²) in [5.41, 5.74) is 0. The lowest BCUT2D eigenvalue weighted by molar-refractivity contribution is 0.200. The molecule has 1 aliphatic rings. The third-order valence-electron chi connectivity index (χ3n) is 3.88. The Balaban J connectivity index is 1.85. The van der Waals surface area contributed by atoms with Crippen LogP contribution in [0.3, 0.4) is 0 Å². The van der Waals surface area contributed by atoms with Crippen LogP contribution in [0.1, 0.15) is 37.6 Å². The fourth-order valence-electron chi connectivity index (χ4n) is 2.61. The van der Waals surface area contributed by atoms with Crippen LogP contribution in [0.4, 0.5) is 0 Å². The van der Waals surface area contributed by atoms with Crippen LogP contribution in [0.15, 0.2) is 17.5 Å². The van der Waals surface area contributed by atoms with Gasteiger partial charge in [0, 0.05) is 23.5 Å². The van der Waals surface area contributed by atoms with Crippen molar-refractivity contribution in [2.75, 3.05) is 20.1 Å². The van der Waals surface area contributed by atoms with E-state index in [1.165, 1.54) is 24.3 Å². The standard InChI is InChI=1S/C14H24N2S/c1-11-6-7-15-13(9-11)10-16(3)12(2)14-5-4-8-17-14/h4-5,8,11-13,15H,6-7,9-10H2,1-3H3. The van der Waals surface area contributed by atoms with Crippen molar-refractivity contribution in [2.24, 2.45) is 5.92 Å². The van der Waals surface area contributed by atoms with Gasteiger partial charge in [0.05, 0.1) is 0 Å². The molecule has 2 heterocycles.